The van der Waals surface area contributed by atoms with Gasteiger partial charge < -0.3 is 9.67 Å². The second-order valence-electron chi connectivity index (χ2n) is 7.55. The Bertz CT molecular complexity index is 1620. The van der Waals surface area contributed by atoms with Gasteiger partial charge in [0.1, 0.15) is 0 Å². The zero-order valence-corrected chi connectivity index (χ0v) is 18.0. The number of imidazole rings is 1. The molecule has 5 aromatic rings. The van der Waals surface area contributed by atoms with Crippen LogP contribution >= 0.6 is 11.3 Å². The maximum Gasteiger partial charge on any atom is 0.336 e. The van der Waals surface area contributed by atoms with Crippen molar-refractivity contribution < 1.29 is 9.90 Å². The number of benzene rings is 2. The number of aromatic nitrogens is 3. The summed E-state index contributed by atoms with van der Waals surface area (Å²) in [6, 6.07) is 14.9. The van der Waals surface area contributed by atoms with E-state index in [1.54, 1.807) is 16.5 Å². The van der Waals surface area contributed by atoms with Gasteiger partial charge in [-0.05, 0) is 68.3 Å². The van der Waals surface area contributed by atoms with E-state index in [2.05, 4.69) is 4.98 Å². The van der Waals surface area contributed by atoms with Crippen LogP contribution in [0.25, 0.3) is 27.8 Å². The van der Waals surface area contributed by atoms with E-state index in [0.29, 0.717) is 15.1 Å². The van der Waals surface area contributed by atoms with Crippen molar-refractivity contribution >= 4 is 39.4 Å². The molecule has 0 saturated heterocycles. The average Bonchev–Trinajstić information content (AvgIpc) is 3.33. The van der Waals surface area contributed by atoms with Crippen LogP contribution < -0.4 is 10.1 Å². The maximum absolute atomic E-state index is 13.1. The quantitative estimate of drug-likeness (QED) is 0.472. The van der Waals surface area contributed by atoms with E-state index in [-0.39, 0.29) is 11.1 Å². The number of aromatic carboxylic acids is 1. The van der Waals surface area contributed by atoms with Gasteiger partial charge in [0.15, 0.2) is 4.96 Å². The molecule has 1 N–H and O–H groups in total. The lowest BCUT2D eigenvalue weighted by Gasteiger charge is -2.14. The number of carboxylic acids is 1. The van der Waals surface area contributed by atoms with Crippen molar-refractivity contribution in [2.24, 2.45) is 0 Å². The van der Waals surface area contributed by atoms with Crippen LogP contribution in [0.3, 0.4) is 0 Å². The molecule has 0 bridgehead atoms. The van der Waals surface area contributed by atoms with Crippen LogP contribution in [0.5, 0.6) is 0 Å². The van der Waals surface area contributed by atoms with Gasteiger partial charge in [-0.15, -0.1) is 0 Å². The number of rotatable bonds is 3. The molecule has 0 aliphatic rings. The number of carbonyl (C=O) groups is 1. The summed E-state index contributed by atoms with van der Waals surface area (Å²) >= 11 is 1.37. The van der Waals surface area contributed by atoms with Gasteiger partial charge in [-0.3, -0.25) is 4.79 Å². The van der Waals surface area contributed by atoms with Crippen molar-refractivity contribution in [3.63, 3.8) is 0 Å². The van der Waals surface area contributed by atoms with Gasteiger partial charge in [0, 0.05) is 17.1 Å². The fourth-order valence-electron chi connectivity index (χ4n) is 4.16. The smallest absolute Gasteiger partial charge is 0.336 e. The number of fused-ring (bicyclic) bond motifs is 3. The molecule has 7 heteroatoms. The summed E-state index contributed by atoms with van der Waals surface area (Å²) in [5.41, 5.74) is 6.18. The number of carboxylic acid groups (broad SMARTS) is 1. The Balaban J connectivity index is 1.70. The van der Waals surface area contributed by atoms with Crippen molar-refractivity contribution in [2.45, 2.75) is 20.8 Å². The Labute approximate surface area is 181 Å². The van der Waals surface area contributed by atoms with Gasteiger partial charge in [-0.1, -0.05) is 29.5 Å². The molecular weight excluding hydrogens is 410 g/mol. The average molecular weight is 430 g/mol. The van der Waals surface area contributed by atoms with E-state index in [0.717, 1.165) is 33.7 Å². The zero-order chi connectivity index (χ0) is 21.9. The summed E-state index contributed by atoms with van der Waals surface area (Å²) in [5, 5.41) is 9.47. The molecule has 0 aliphatic carbocycles. The Morgan fingerprint density at radius 3 is 2.65 bits per heavy atom. The van der Waals surface area contributed by atoms with Gasteiger partial charge in [0.05, 0.1) is 21.1 Å². The number of aryl methyl sites for hydroxylation is 1. The largest absolute Gasteiger partial charge is 0.478 e. The van der Waals surface area contributed by atoms with Crippen LogP contribution in [0, 0.1) is 20.8 Å². The molecule has 0 aliphatic heterocycles. The van der Waals surface area contributed by atoms with Crippen molar-refractivity contribution in [3.05, 3.63) is 91.5 Å². The molecule has 154 valence electrons. The predicted molar refractivity (Wildman–Crippen MR) is 123 cm³/mol. The highest BCUT2D eigenvalue weighted by Crippen LogP contribution is 2.26. The predicted octanol–water partition coefficient (Wildman–Crippen LogP) is 3.87. The number of hydrogen-bond donors (Lipinski definition) is 1. The Morgan fingerprint density at radius 2 is 1.87 bits per heavy atom. The normalized spacial score (nSPS) is 12.3. The topological polar surface area (TPSA) is 76.6 Å². The number of thiazole rings is 1. The molecule has 0 spiro atoms. The third-order valence-corrected chi connectivity index (χ3v) is 6.65. The van der Waals surface area contributed by atoms with Crippen LogP contribution in [-0.2, 0) is 0 Å². The van der Waals surface area contributed by atoms with E-state index < -0.39 is 5.97 Å². The summed E-state index contributed by atoms with van der Waals surface area (Å²) in [6.07, 6.45) is 1.89. The van der Waals surface area contributed by atoms with Crippen LogP contribution in [0.4, 0.5) is 0 Å². The zero-order valence-electron chi connectivity index (χ0n) is 17.2. The minimum absolute atomic E-state index is 0.0810. The molecule has 6 nitrogen and oxygen atoms in total. The molecule has 2 aromatic carbocycles. The maximum atomic E-state index is 13.1. The molecule has 0 unspecified atom stereocenters. The van der Waals surface area contributed by atoms with Crippen LogP contribution in [-0.4, -0.2) is 25.0 Å². The lowest BCUT2D eigenvalue weighted by Crippen LogP contribution is -2.22. The minimum Gasteiger partial charge on any atom is -0.478 e. The van der Waals surface area contributed by atoms with E-state index in [1.807, 2.05) is 67.8 Å². The second-order valence-corrected chi connectivity index (χ2v) is 8.56. The molecule has 0 amide bonds. The first-order valence-electron chi connectivity index (χ1n) is 9.81. The van der Waals surface area contributed by atoms with Crippen molar-refractivity contribution in [1.29, 1.82) is 0 Å². The van der Waals surface area contributed by atoms with E-state index in [9.17, 15) is 14.7 Å². The highest BCUT2D eigenvalue weighted by atomic mass is 32.1. The highest BCUT2D eigenvalue weighted by molar-refractivity contribution is 7.15. The molecule has 3 heterocycles. The summed E-state index contributed by atoms with van der Waals surface area (Å²) in [5.74, 6) is -0.946. The standard InChI is InChI=1S/C24H19N3O3S/c1-13-11-16(15(3)26(13)19-10-6-7-17(14(19)2)23(29)30)12-21-22(28)27-20-9-5-4-8-18(20)25-24(27)31-21/h4-12H,1-3H3,(H,29,30)/b21-12-. The molecule has 31 heavy (non-hydrogen) atoms. The van der Waals surface area contributed by atoms with E-state index in [1.165, 1.54) is 11.3 Å². The highest BCUT2D eigenvalue weighted by Gasteiger charge is 2.16. The summed E-state index contributed by atoms with van der Waals surface area (Å²) in [4.78, 5) is 29.9. The van der Waals surface area contributed by atoms with E-state index >= 15 is 0 Å². The van der Waals surface area contributed by atoms with Crippen molar-refractivity contribution in [2.75, 3.05) is 0 Å². The number of nitrogens with zero attached hydrogens (tertiary/aromatic N) is 3. The number of hydrogen-bond acceptors (Lipinski definition) is 4. The molecule has 0 atom stereocenters. The van der Waals surface area contributed by atoms with Crippen LogP contribution in [0.15, 0.2) is 53.3 Å². The fraction of sp³-hybridized carbons (Fsp3) is 0.125. The lowest BCUT2D eigenvalue weighted by molar-refractivity contribution is 0.0696. The Morgan fingerprint density at radius 1 is 1.10 bits per heavy atom. The van der Waals surface area contributed by atoms with Crippen LogP contribution in [0.1, 0.15) is 32.9 Å². The first-order valence-corrected chi connectivity index (χ1v) is 10.6. The fourth-order valence-corrected chi connectivity index (χ4v) is 5.13. The summed E-state index contributed by atoms with van der Waals surface area (Å²) < 4.78 is 4.31. The van der Waals surface area contributed by atoms with Gasteiger partial charge in [-0.25, -0.2) is 14.2 Å². The third kappa shape index (κ3) is 2.89. The van der Waals surface area contributed by atoms with E-state index in [4.69, 9.17) is 0 Å². The monoisotopic (exact) mass is 429 g/mol. The molecule has 0 saturated carbocycles. The van der Waals surface area contributed by atoms with Crippen molar-refractivity contribution in [3.8, 4) is 5.69 Å². The van der Waals surface area contributed by atoms with Gasteiger partial charge in [0.25, 0.3) is 5.56 Å². The van der Waals surface area contributed by atoms with Gasteiger partial charge in [-0.2, -0.15) is 0 Å². The second kappa shape index (κ2) is 6.92. The molecule has 0 radical (unpaired) electrons. The Kier molecular flexibility index (Phi) is 4.30. The summed E-state index contributed by atoms with van der Waals surface area (Å²) in [7, 11) is 0. The first kappa shape index (κ1) is 19.3. The van der Waals surface area contributed by atoms with Gasteiger partial charge >= 0.3 is 5.97 Å². The number of para-hydroxylation sites is 2. The lowest BCUT2D eigenvalue weighted by atomic mass is 10.1. The summed E-state index contributed by atoms with van der Waals surface area (Å²) in [6.45, 7) is 5.77. The Hall–Kier alpha value is -3.71. The molecule has 5 rings (SSSR count). The van der Waals surface area contributed by atoms with Crippen LogP contribution in [0.2, 0.25) is 0 Å². The van der Waals surface area contributed by atoms with Gasteiger partial charge in [0.2, 0.25) is 0 Å². The van der Waals surface area contributed by atoms with Crippen molar-refractivity contribution in [1.82, 2.24) is 14.0 Å². The molecule has 3 aromatic heterocycles. The molecule has 0 fully saturated rings. The minimum atomic E-state index is -0.946. The first-order chi connectivity index (χ1) is 14.9. The SMILES string of the molecule is Cc1c(C(=O)O)cccc1-n1c(C)cc(/C=c2\sc3nc4ccccc4n3c2=O)c1C. The third-order valence-electron chi connectivity index (χ3n) is 5.68. The molecular formula is C24H19N3O3S.